The van der Waals surface area contributed by atoms with Gasteiger partial charge in [0.15, 0.2) is 0 Å². The summed E-state index contributed by atoms with van der Waals surface area (Å²) in [6.07, 6.45) is 3.51. The number of hydrogen-bond acceptors (Lipinski definition) is 4. The summed E-state index contributed by atoms with van der Waals surface area (Å²) in [7, 11) is 1.61. The molecule has 1 aliphatic heterocycles. The minimum Gasteiger partial charge on any atom is -0.497 e. The second kappa shape index (κ2) is 6.61. The van der Waals surface area contributed by atoms with Crippen molar-refractivity contribution in [1.29, 1.82) is 0 Å². The molecule has 1 heterocycles. The van der Waals surface area contributed by atoms with Crippen molar-refractivity contribution in [2.24, 2.45) is 0 Å². The van der Waals surface area contributed by atoms with Crippen LogP contribution in [0.15, 0.2) is 18.2 Å². The summed E-state index contributed by atoms with van der Waals surface area (Å²) < 4.78 is 16.3. The minimum atomic E-state index is -0.0491. The highest BCUT2D eigenvalue weighted by Crippen LogP contribution is 2.25. The highest BCUT2D eigenvalue weighted by atomic mass is 16.5. The number of methoxy groups -OCH3 is 1. The van der Waals surface area contributed by atoms with E-state index in [2.05, 4.69) is 0 Å². The summed E-state index contributed by atoms with van der Waals surface area (Å²) in [6, 6.07) is 5.46. The summed E-state index contributed by atoms with van der Waals surface area (Å²) in [5.74, 6) is 1.45. The molecule has 100 valence electrons. The van der Waals surface area contributed by atoms with Crippen LogP contribution in [-0.4, -0.2) is 31.5 Å². The van der Waals surface area contributed by atoms with E-state index in [1.54, 1.807) is 13.2 Å². The predicted octanol–water partition coefficient (Wildman–Crippen LogP) is 2.14. The second-order valence-electron chi connectivity index (χ2n) is 4.40. The van der Waals surface area contributed by atoms with E-state index in [9.17, 15) is 5.11 Å². The molecule has 1 aromatic rings. The first kappa shape index (κ1) is 13.2. The van der Waals surface area contributed by atoms with Gasteiger partial charge in [0.25, 0.3) is 0 Å². The van der Waals surface area contributed by atoms with Crippen LogP contribution in [0.25, 0.3) is 0 Å². The van der Waals surface area contributed by atoms with Crippen LogP contribution in [0.5, 0.6) is 11.5 Å². The van der Waals surface area contributed by atoms with Crippen LogP contribution in [0.1, 0.15) is 24.8 Å². The molecule has 0 saturated carbocycles. The van der Waals surface area contributed by atoms with Gasteiger partial charge in [-0.05, 0) is 31.0 Å². The third-order valence-corrected chi connectivity index (χ3v) is 3.16. The van der Waals surface area contributed by atoms with Gasteiger partial charge in [0.2, 0.25) is 0 Å². The Morgan fingerprint density at radius 2 is 2.33 bits per heavy atom. The Kier molecular flexibility index (Phi) is 4.84. The molecule has 1 aliphatic rings. The maximum atomic E-state index is 9.29. The van der Waals surface area contributed by atoms with E-state index in [-0.39, 0.29) is 6.61 Å². The van der Waals surface area contributed by atoms with Crippen molar-refractivity contribution < 1.29 is 19.3 Å². The number of aliphatic hydroxyl groups excluding tert-OH is 1. The van der Waals surface area contributed by atoms with Crippen molar-refractivity contribution in [2.75, 3.05) is 20.3 Å². The molecule has 0 aliphatic carbocycles. The molecule has 1 saturated heterocycles. The topological polar surface area (TPSA) is 47.9 Å². The van der Waals surface area contributed by atoms with E-state index < -0.39 is 0 Å². The SMILES string of the molecule is COc1ccc(OCCC2CCCO2)c(CO)c1. The van der Waals surface area contributed by atoms with E-state index in [0.717, 1.165) is 42.9 Å². The average molecular weight is 252 g/mol. The van der Waals surface area contributed by atoms with Gasteiger partial charge in [-0.2, -0.15) is 0 Å². The molecule has 0 spiro atoms. The molecule has 1 unspecified atom stereocenters. The highest BCUT2D eigenvalue weighted by Gasteiger charge is 2.15. The van der Waals surface area contributed by atoms with Gasteiger partial charge in [-0.3, -0.25) is 0 Å². The second-order valence-corrected chi connectivity index (χ2v) is 4.40. The van der Waals surface area contributed by atoms with E-state index in [4.69, 9.17) is 14.2 Å². The molecule has 1 fully saturated rings. The fourth-order valence-corrected chi connectivity index (χ4v) is 2.12. The molecular formula is C14H20O4. The van der Waals surface area contributed by atoms with Crippen molar-refractivity contribution in [2.45, 2.75) is 32.0 Å². The van der Waals surface area contributed by atoms with Gasteiger partial charge in [-0.15, -0.1) is 0 Å². The Bertz CT molecular complexity index is 372. The molecule has 2 rings (SSSR count). The van der Waals surface area contributed by atoms with Gasteiger partial charge in [-0.25, -0.2) is 0 Å². The quantitative estimate of drug-likeness (QED) is 0.842. The molecule has 1 atom stereocenters. The summed E-state index contributed by atoms with van der Waals surface area (Å²) in [4.78, 5) is 0. The number of hydrogen-bond donors (Lipinski definition) is 1. The number of aliphatic hydroxyl groups is 1. The maximum absolute atomic E-state index is 9.29. The third kappa shape index (κ3) is 3.37. The van der Waals surface area contributed by atoms with Gasteiger partial charge in [0, 0.05) is 18.6 Å². The van der Waals surface area contributed by atoms with E-state index >= 15 is 0 Å². The van der Waals surface area contributed by atoms with Crippen LogP contribution in [-0.2, 0) is 11.3 Å². The van der Waals surface area contributed by atoms with Crippen molar-refractivity contribution in [3.8, 4) is 11.5 Å². The highest BCUT2D eigenvalue weighted by molar-refractivity contribution is 5.39. The van der Waals surface area contributed by atoms with Crippen LogP contribution in [0.4, 0.5) is 0 Å². The Morgan fingerprint density at radius 1 is 1.44 bits per heavy atom. The molecule has 18 heavy (non-hydrogen) atoms. The van der Waals surface area contributed by atoms with Crippen LogP contribution < -0.4 is 9.47 Å². The van der Waals surface area contributed by atoms with Crippen LogP contribution in [0.3, 0.4) is 0 Å². The minimum absolute atomic E-state index is 0.0491. The molecule has 0 aromatic heterocycles. The largest absolute Gasteiger partial charge is 0.497 e. The number of rotatable bonds is 6. The first-order valence-corrected chi connectivity index (χ1v) is 6.35. The van der Waals surface area contributed by atoms with Crippen molar-refractivity contribution in [3.05, 3.63) is 23.8 Å². The Hall–Kier alpha value is -1.26. The average Bonchev–Trinajstić information content (AvgIpc) is 2.92. The fraction of sp³-hybridized carbons (Fsp3) is 0.571. The van der Waals surface area contributed by atoms with Gasteiger partial charge in [-0.1, -0.05) is 0 Å². The smallest absolute Gasteiger partial charge is 0.125 e. The van der Waals surface area contributed by atoms with Crippen LogP contribution in [0.2, 0.25) is 0 Å². The lowest BCUT2D eigenvalue weighted by molar-refractivity contribution is 0.0899. The van der Waals surface area contributed by atoms with Gasteiger partial charge in [0.05, 0.1) is 26.4 Å². The lowest BCUT2D eigenvalue weighted by Gasteiger charge is -2.13. The lowest BCUT2D eigenvalue weighted by Crippen LogP contribution is -2.11. The Balaban J connectivity index is 1.87. The molecular weight excluding hydrogens is 232 g/mol. The fourth-order valence-electron chi connectivity index (χ4n) is 2.12. The monoisotopic (exact) mass is 252 g/mol. The van der Waals surface area contributed by atoms with Crippen molar-refractivity contribution in [3.63, 3.8) is 0 Å². The summed E-state index contributed by atoms with van der Waals surface area (Å²) in [5.41, 5.74) is 0.752. The van der Waals surface area contributed by atoms with Gasteiger partial charge >= 0.3 is 0 Å². The standard InChI is InChI=1S/C14H20O4/c1-16-13-4-5-14(11(9-13)10-15)18-8-6-12-3-2-7-17-12/h4-5,9,12,15H,2-3,6-8,10H2,1H3. The first-order valence-electron chi connectivity index (χ1n) is 6.35. The van der Waals surface area contributed by atoms with Crippen LogP contribution >= 0.6 is 0 Å². The van der Waals surface area contributed by atoms with E-state index in [1.165, 1.54) is 0 Å². The summed E-state index contributed by atoms with van der Waals surface area (Å²) in [6.45, 7) is 1.44. The zero-order valence-electron chi connectivity index (χ0n) is 10.7. The first-order chi connectivity index (χ1) is 8.83. The summed E-state index contributed by atoms with van der Waals surface area (Å²) in [5, 5.41) is 9.29. The Labute approximate surface area is 107 Å². The van der Waals surface area contributed by atoms with Crippen LogP contribution in [0, 0.1) is 0 Å². The molecule has 4 heteroatoms. The number of ether oxygens (including phenoxy) is 3. The van der Waals surface area contributed by atoms with Crippen molar-refractivity contribution >= 4 is 0 Å². The third-order valence-electron chi connectivity index (χ3n) is 3.16. The molecule has 0 bridgehead atoms. The summed E-state index contributed by atoms with van der Waals surface area (Å²) >= 11 is 0. The zero-order valence-corrected chi connectivity index (χ0v) is 10.7. The van der Waals surface area contributed by atoms with E-state index in [1.807, 2.05) is 12.1 Å². The molecule has 1 aromatic carbocycles. The van der Waals surface area contributed by atoms with Gasteiger partial charge < -0.3 is 19.3 Å². The lowest BCUT2D eigenvalue weighted by atomic mass is 10.2. The zero-order chi connectivity index (χ0) is 12.8. The van der Waals surface area contributed by atoms with Gasteiger partial charge in [0.1, 0.15) is 11.5 Å². The normalized spacial score (nSPS) is 18.9. The molecule has 4 nitrogen and oxygen atoms in total. The van der Waals surface area contributed by atoms with E-state index in [0.29, 0.717) is 12.7 Å². The Morgan fingerprint density at radius 3 is 3.00 bits per heavy atom. The molecule has 0 amide bonds. The molecule has 0 radical (unpaired) electrons. The predicted molar refractivity (Wildman–Crippen MR) is 68.0 cm³/mol. The maximum Gasteiger partial charge on any atom is 0.125 e. The van der Waals surface area contributed by atoms with Crippen molar-refractivity contribution in [1.82, 2.24) is 0 Å². The number of benzene rings is 1. The molecule has 1 N–H and O–H groups in total.